The Bertz CT molecular complexity index is 727. The SMILES string of the molecule is COc1ccc(Nc2cncc(C(=O)N3CCCC3)c2)cc1OC. The molecular weight excluding hydrogens is 306 g/mol. The number of carbonyl (C=O) groups is 1. The highest BCUT2D eigenvalue weighted by molar-refractivity contribution is 5.95. The van der Waals surface area contributed by atoms with Crippen LogP contribution in [0.3, 0.4) is 0 Å². The lowest BCUT2D eigenvalue weighted by atomic mass is 10.2. The van der Waals surface area contributed by atoms with Gasteiger partial charge < -0.3 is 19.7 Å². The molecule has 1 aromatic heterocycles. The number of hydrogen-bond acceptors (Lipinski definition) is 5. The summed E-state index contributed by atoms with van der Waals surface area (Å²) >= 11 is 0. The lowest BCUT2D eigenvalue weighted by Crippen LogP contribution is -2.27. The second-order valence-corrected chi connectivity index (χ2v) is 5.66. The number of hydrogen-bond donors (Lipinski definition) is 1. The number of nitrogens with one attached hydrogen (secondary N) is 1. The van der Waals surface area contributed by atoms with Crippen molar-refractivity contribution in [3.8, 4) is 11.5 Å². The van der Waals surface area contributed by atoms with E-state index in [4.69, 9.17) is 9.47 Å². The normalized spacial score (nSPS) is 13.7. The molecule has 0 atom stereocenters. The van der Waals surface area contributed by atoms with Crippen LogP contribution in [0, 0.1) is 0 Å². The van der Waals surface area contributed by atoms with Crippen LogP contribution in [-0.4, -0.2) is 43.1 Å². The molecule has 1 fully saturated rings. The van der Waals surface area contributed by atoms with Crippen LogP contribution in [0.4, 0.5) is 11.4 Å². The Morgan fingerprint density at radius 1 is 1.04 bits per heavy atom. The van der Waals surface area contributed by atoms with Crippen molar-refractivity contribution >= 4 is 17.3 Å². The van der Waals surface area contributed by atoms with Gasteiger partial charge in [-0.3, -0.25) is 9.78 Å². The van der Waals surface area contributed by atoms with Crippen molar-refractivity contribution in [2.24, 2.45) is 0 Å². The molecule has 24 heavy (non-hydrogen) atoms. The highest BCUT2D eigenvalue weighted by Gasteiger charge is 2.19. The first kappa shape index (κ1) is 16.1. The second-order valence-electron chi connectivity index (χ2n) is 5.66. The minimum atomic E-state index is 0.0379. The molecule has 2 heterocycles. The van der Waals surface area contributed by atoms with Crippen molar-refractivity contribution < 1.29 is 14.3 Å². The summed E-state index contributed by atoms with van der Waals surface area (Å²) in [6.07, 6.45) is 5.45. The molecule has 3 rings (SSSR count). The minimum absolute atomic E-state index is 0.0379. The van der Waals surface area contributed by atoms with Crippen LogP contribution in [0.2, 0.25) is 0 Å². The molecule has 6 nitrogen and oxygen atoms in total. The number of benzene rings is 1. The van der Waals surface area contributed by atoms with Crippen molar-refractivity contribution in [1.82, 2.24) is 9.88 Å². The van der Waals surface area contributed by atoms with E-state index in [1.165, 1.54) is 0 Å². The summed E-state index contributed by atoms with van der Waals surface area (Å²) in [6.45, 7) is 1.65. The Hall–Kier alpha value is -2.76. The third kappa shape index (κ3) is 3.42. The number of ether oxygens (including phenoxy) is 2. The zero-order valence-corrected chi connectivity index (χ0v) is 13.9. The first-order chi connectivity index (χ1) is 11.7. The van der Waals surface area contributed by atoms with Crippen molar-refractivity contribution in [1.29, 1.82) is 0 Å². The number of pyridine rings is 1. The fourth-order valence-corrected chi connectivity index (χ4v) is 2.81. The molecule has 0 aliphatic carbocycles. The quantitative estimate of drug-likeness (QED) is 0.914. The van der Waals surface area contributed by atoms with Crippen LogP contribution in [0.25, 0.3) is 0 Å². The summed E-state index contributed by atoms with van der Waals surface area (Å²) in [5.41, 5.74) is 2.19. The van der Waals surface area contributed by atoms with Crippen LogP contribution in [0.1, 0.15) is 23.2 Å². The maximum absolute atomic E-state index is 12.5. The van der Waals surface area contributed by atoms with Gasteiger partial charge >= 0.3 is 0 Å². The van der Waals surface area contributed by atoms with E-state index in [2.05, 4.69) is 10.3 Å². The Morgan fingerprint density at radius 2 is 1.79 bits per heavy atom. The topological polar surface area (TPSA) is 63.7 Å². The van der Waals surface area contributed by atoms with Crippen molar-refractivity contribution in [3.05, 3.63) is 42.2 Å². The van der Waals surface area contributed by atoms with Crippen LogP contribution in [0.15, 0.2) is 36.7 Å². The average molecular weight is 327 g/mol. The van der Waals surface area contributed by atoms with E-state index in [1.54, 1.807) is 26.6 Å². The van der Waals surface area contributed by atoms with Gasteiger partial charge in [-0.15, -0.1) is 0 Å². The van der Waals surface area contributed by atoms with Gasteiger partial charge in [0.2, 0.25) is 0 Å². The highest BCUT2D eigenvalue weighted by Crippen LogP contribution is 2.31. The van der Waals surface area contributed by atoms with Crippen LogP contribution in [-0.2, 0) is 0 Å². The first-order valence-electron chi connectivity index (χ1n) is 7.94. The molecule has 0 unspecified atom stereocenters. The minimum Gasteiger partial charge on any atom is -0.493 e. The predicted molar refractivity (Wildman–Crippen MR) is 92.2 cm³/mol. The zero-order chi connectivity index (χ0) is 16.9. The molecule has 0 bridgehead atoms. The van der Waals surface area contributed by atoms with E-state index in [0.29, 0.717) is 17.1 Å². The first-order valence-corrected chi connectivity index (χ1v) is 7.94. The number of methoxy groups -OCH3 is 2. The van der Waals surface area contributed by atoms with Crippen molar-refractivity contribution in [3.63, 3.8) is 0 Å². The van der Waals surface area contributed by atoms with E-state index < -0.39 is 0 Å². The van der Waals surface area contributed by atoms with Crippen molar-refractivity contribution in [2.45, 2.75) is 12.8 Å². The largest absolute Gasteiger partial charge is 0.493 e. The summed E-state index contributed by atoms with van der Waals surface area (Å²) in [5, 5.41) is 3.25. The molecule has 1 amide bonds. The molecule has 0 radical (unpaired) electrons. The van der Waals surface area contributed by atoms with Gasteiger partial charge in [-0.25, -0.2) is 0 Å². The third-order valence-electron chi connectivity index (χ3n) is 4.05. The standard InChI is InChI=1S/C18H21N3O3/c1-23-16-6-5-14(10-17(16)24-2)20-15-9-13(11-19-12-15)18(22)21-7-3-4-8-21/h5-6,9-12,20H,3-4,7-8H2,1-2H3. The number of amides is 1. The van der Waals surface area contributed by atoms with E-state index in [1.807, 2.05) is 29.2 Å². The summed E-state index contributed by atoms with van der Waals surface area (Å²) < 4.78 is 10.5. The van der Waals surface area contributed by atoms with Gasteiger partial charge in [0.25, 0.3) is 5.91 Å². The average Bonchev–Trinajstić information content (AvgIpc) is 3.16. The number of likely N-dealkylation sites (tertiary alicyclic amines) is 1. The molecule has 1 aliphatic heterocycles. The van der Waals surface area contributed by atoms with E-state index in [0.717, 1.165) is 37.3 Å². The number of nitrogens with zero attached hydrogens (tertiary/aromatic N) is 2. The van der Waals surface area contributed by atoms with Gasteiger partial charge in [-0.2, -0.15) is 0 Å². The molecule has 2 aromatic rings. The number of rotatable bonds is 5. The maximum Gasteiger partial charge on any atom is 0.255 e. The maximum atomic E-state index is 12.5. The Morgan fingerprint density at radius 3 is 2.50 bits per heavy atom. The fourth-order valence-electron chi connectivity index (χ4n) is 2.81. The summed E-state index contributed by atoms with van der Waals surface area (Å²) in [7, 11) is 3.20. The number of aromatic nitrogens is 1. The lowest BCUT2D eigenvalue weighted by molar-refractivity contribution is 0.0792. The number of anilines is 2. The summed E-state index contributed by atoms with van der Waals surface area (Å²) in [5.74, 6) is 1.34. The van der Waals surface area contributed by atoms with Crippen LogP contribution < -0.4 is 14.8 Å². The van der Waals surface area contributed by atoms with Crippen molar-refractivity contribution in [2.75, 3.05) is 32.6 Å². The molecule has 1 aliphatic rings. The lowest BCUT2D eigenvalue weighted by Gasteiger charge is -2.16. The molecule has 6 heteroatoms. The summed E-state index contributed by atoms with van der Waals surface area (Å²) in [6, 6.07) is 7.38. The third-order valence-corrected chi connectivity index (χ3v) is 4.05. The van der Waals surface area contributed by atoms with Crippen LogP contribution in [0.5, 0.6) is 11.5 Å². The van der Waals surface area contributed by atoms with Gasteiger partial charge in [0, 0.05) is 31.0 Å². The number of carbonyl (C=O) groups excluding carboxylic acids is 1. The fraction of sp³-hybridized carbons (Fsp3) is 0.333. The smallest absolute Gasteiger partial charge is 0.255 e. The molecule has 1 N–H and O–H groups in total. The zero-order valence-electron chi connectivity index (χ0n) is 13.9. The van der Waals surface area contributed by atoms with Crippen LogP contribution >= 0.6 is 0 Å². The Kier molecular flexibility index (Phi) is 4.84. The predicted octanol–water partition coefficient (Wildman–Crippen LogP) is 3.08. The highest BCUT2D eigenvalue weighted by atomic mass is 16.5. The van der Waals surface area contributed by atoms with Gasteiger partial charge in [-0.1, -0.05) is 0 Å². The molecule has 1 saturated heterocycles. The van der Waals surface area contributed by atoms with Gasteiger partial charge in [-0.05, 0) is 31.0 Å². The molecule has 0 saturated carbocycles. The van der Waals surface area contributed by atoms with Gasteiger partial charge in [0.15, 0.2) is 11.5 Å². The summed E-state index contributed by atoms with van der Waals surface area (Å²) in [4.78, 5) is 18.5. The van der Waals surface area contributed by atoms with E-state index in [9.17, 15) is 4.79 Å². The van der Waals surface area contributed by atoms with Gasteiger partial charge in [0.1, 0.15) is 0 Å². The Balaban J connectivity index is 1.78. The monoisotopic (exact) mass is 327 g/mol. The molecular formula is C18H21N3O3. The van der Waals surface area contributed by atoms with E-state index >= 15 is 0 Å². The Labute approximate surface area is 141 Å². The molecule has 126 valence electrons. The molecule has 1 aromatic carbocycles. The van der Waals surface area contributed by atoms with Gasteiger partial charge in [0.05, 0.1) is 31.7 Å². The van der Waals surface area contributed by atoms with E-state index in [-0.39, 0.29) is 5.91 Å². The molecule has 0 spiro atoms. The second kappa shape index (κ2) is 7.21.